The molecule has 0 aromatic heterocycles. The van der Waals surface area contributed by atoms with Crippen LogP contribution in [0.25, 0.3) is 0 Å². The van der Waals surface area contributed by atoms with Crippen molar-refractivity contribution in [3.8, 4) is 0 Å². The van der Waals surface area contributed by atoms with E-state index in [0.717, 1.165) is 35.5 Å². The van der Waals surface area contributed by atoms with Gasteiger partial charge >= 0.3 is 0 Å². The third-order valence-corrected chi connectivity index (χ3v) is 7.68. The number of hydrogen-bond donors (Lipinski definition) is 0. The molecule has 4 rings (SSSR count). The van der Waals surface area contributed by atoms with Crippen LogP contribution in [0.2, 0.25) is 0 Å². The molecule has 0 aromatic carbocycles. The molecule has 0 aliphatic heterocycles. The Bertz CT molecular complexity index is 342. The Morgan fingerprint density at radius 1 is 0.632 bits per heavy atom. The van der Waals surface area contributed by atoms with Crippen LogP contribution in [0.4, 0.5) is 0 Å². The first-order valence-electron chi connectivity index (χ1n) is 9.14. The molecule has 0 amide bonds. The topological polar surface area (TPSA) is 0 Å². The van der Waals surface area contributed by atoms with Gasteiger partial charge in [-0.15, -0.1) is 0 Å². The van der Waals surface area contributed by atoms with E-state index in [1.54, 1.807) is 51.4 Å². The summed E-state index contributed by atoms with van der Waals surface area (Å²) in [4.78, 5) is 0. The summed E-state index contributed by atoms with van der Waals surface area (Å²) in [5, 5.41) is 0. The minimum Gasteiger partial charge on any atom is -0.0599 e. The summed E-state index contributed by atoms with van der Waals surface area (Å²) in [6.07, 6.45) is 15.7. The lowest BCUT2D eigenvalue weighted by Crippen LogP contribution is -2.45. The standard InChI is InChI=1S/C19H32/c1-19(2)11-10-16-14(12-19)7-9-17-15-5-3-4-13(15)6-8-18(16)17/h13-18H,3-12H2,1-2H3. The zero-order valence-corrected chi connectivity index (χ0v) is 13.0. The van der Waals surface area contributed by atoms with Crippen LogP contribution < -0.4 is 0 Å². The summed E-state index contributed by atoms with van der Waals surface area (Å²) in [5.74, 6) is 6.85. The first-order chi connectivity index (χ1) is 9.14. The highest BCUT2D eigenvalue weighted by molar-refractivity contribution is 5.00. The Labute approximate surface area is 119 Å². The first-order valence-corrected chi connectivity index (χ1v) is 9.14. The van der Waals surface area contributed by atoms with E-state index in [1.165, 1.54) is 12.8 Å². The van der Waals surface area contributed by atoms with E-state index in [9.17, 15) is 0 Å². The fourth-order valence-corrected chi connectivity index (χ4v) is 6.93. The molecule has 6 unspecified atom stereocenters. The van der Waals surface area contributed by atoms with E-state index in [0.29, 0.717) is 5.41 Å². The van der Waals surface area contributed by atoms with Crippen LogP contribution in [0.1, 0.15) is 78.1 Å². The summed E-state index contributed by atoms with van der Waals surface area (Å²) in [5.41, 5.74) is 0.651. The molecule has 4 saturated carbocycles. The van der Waals surface area contributed by atoms with Crippen LogP contribution in [-0.4, -0.2) is 0 Å². The third kappa shape index (κ3) is 2.09. The molecule has 4 fully saturated rings. The molecular formula is C19H32. The fraction of sp³-hybridized carbons (Fsp3) is 1.00. The number of rotatable bonds is 0. The maximum atomic E-state index is 2.52. The van der Waals surface area contributed by atoms with Crippen LogP contribution >= 0.6 is 0 Å². The summed E-state index contributed by atoms with van der Waals surface area (Å²) >= 11 is 0. The average molecular weight is 260 g/mol. The lowest BCUT2D eigenvalue weighted by Gasteiger charge is -2.54. The largest absolute Gasteiger partial charge is 0.0599 e. The SMILES string of the molecule is CC1(C)CCC2C(CCC3C4CCCC4CCC23)C1. The maximum absolute atomic E-state index is 2.52. The van der Waals surface area contributed by atoms with Crippen LogP contribution in [-0.2, 0) is 0 Å². The lowest BCUT2D eigenvalue weighted by molar-refractivity contribution is -0.0417. The molecule has 4 aliphatic carbocycles. The summed E-state index contributed by atoms with van der Waals surface area (Å²) in [6, 6.07) is 0. The van der Waals surface area contributed by atoms with Crippen LogP contribution in [0.5, 0.6) is 0 Å². The van der Waals surface area contributed by atoms with Gasteiger partial charge in [0.2, 0.25) is 0 Å². The van der Waals surface area contributed by atoms with Crippen molar-refractivity contribution >= 4 is 0 Å². The van der Waals surface area contributed by atoms with E-state index in [2.05, 4.69) is 13.8 Å². The highest BCUT2D eigenvalue weighted by atomic mass is 14.5. The monoisotopic (exact) mass is 260 g/mol. The second kappa shape index (κ2) is 4.50. The molecule has 0 aromatic rings. The van der Waals surface area contributed by atoms with Gasteiger partial charge in [0.25, 0.3) is 0 Å². The van der Waals surface area contributed by atoms with E-state index in [4.69, 9.17) is 0 Å². The number of fused-ring (bicyclic) bond motifs is 5. The third-order valence-electron chi connectivity index (χ3n) is 7.68. The van der Waals surface area contributed by atoms with Gasteiger partial charge in [0, 0.05) is 0 Å². The van der Waals surface area contributed by atoms with Crippen molar-refractivity contribution in [1.29, 1.82) is 0 Å². The minimum atomic E-state index is 0.651. The van der Waals surface area contributed by atoms with Gasteiger partial charge in [0.05, 0.1) is 0 Å². The normalized spacial score (nSPS) is 52.1. The summed E-state index contributed by atoms with van der Waals surface area (Å²) in [6.45, 7) is 5.03. The predicted octanol–water partition coefficient (Wildman–Crippen LogP) is 5.67. The Balaban J connectivity index is 1.53. The van der Waals surface area contributed by atoms with Gasteiger partial charge in [-0.3, -0.25) is 0 Å². The summed E-state index contributed by atoms with van der Waals surface area (Å²) in [7, 11) is 0. The highest BCUT2D eigenvalue weighted by Crippen LogP contribution is 2.59. The predicted molar refractivity (Wildman–Crippen MR) is 80.9 cm³/mol. The van der Waals surface area contributed by atoms with E-state index < -0.39 is 0 Å². The van der Waals surface area contributed by atoms with Gasteiger partial charge < -0.3 is 0 Å². The molecule has 0 heterocycles. The smallest absolute Gasteiger partial charge is 0.0351 e. The molecule has 0 bridgehead atoms. The highest BCUT2D eigenvalue weighted by Gasteiger charge is 2.50. The number of hydrogen-bond acceptors (Lipinski definition) is 0. The van der Waals surface area contributed by atoms with Gasteiger partial charge in [0.15, 0.2) is 0 Å². The zero-order valence-electron chi connectivity index (χ0n) is 13.0. The minimum absolute atomic E-state index is 0.651. The van der Waals surface area contributed by atoms with Crippen molar-refractivity contribution in [3.05, 3.63) is 0 Å². The average Bonchev–Trinajstić information content (AvgIpc) is 2.85. The van der Waals surface area contributed by atoms with Gasteiger partial charge in [-0.05, 0) is 92.3 Å². The van der Waals surface area contributed by atoms with Crippen molar-refractivity contribution in [2.75, 3.05) is 0 Å². The van der Waals surface area contributed by atoms with Crippen molar-refractivity contribution in [3.63, 3.8) is 0 Å². The van der Waals surface area contributed by atoms with Crippen LogP contribution in [0, 0.1) is 40.9 Å². The molecule has 6 atom stereocenters. The molecule has 0 radical (unpaired) electrons. The molecule has 0 N–H and O–H groups in total. The quantitative estimate of drug-likeness (QED) is 0.527. The van der Waals surface area contributed by atoms with E-state index in [-0.39, 0.29) is 0 Å². The van der Waals surface area contributed by atoms with E-state index >= 15 is 0 Å². The lowest BCUT2D eigenvalue weighted by atomic mass is 9.51. The molecule has 0 nitrogen and oxygen atoms in total. The van der Waals surface area contributed by atoms with E-state index in [1.807, 2.05) is 0 Å². The second-order valence-electron chi connectivity index (χ2n) is 9.17. The molecule has 0 saturated heterocycles. The Morgan fingerprint density at radius 2 is 1.32 bits per heavy atom. The molecule has 0 heteroatoms. The maximum Gasteiger partial charge on any atom is -0.0351 e. The molecule has 108 valence electrons. The molecule has 0 spiro atoms. The van der Waals surface area contributed by atoms with Crippen molar-refractivity contribution in [2.24, 2.45) is 40.9 Å². The Morgan fingerprint density at radius 3 is 2.11 bits per heavy atom. The fourth-order valence-electron chi connectivity index (χ4n) is 6.93. The van der Waals surface area contributed by atoms with Crippen LogP contribution in [0.15, 0.2) is 0 Å². The molecule has 19 heavy (non-hydrogen) atoms. The Hall–Kier alpha value is 0. The van der Waals surface area contributed by atoms with Crippen molar-refractivity contribution < 1.29 is 0 Å². The second-order valence-corrected chi connectivity index (χ2v) is 9.17. The van der Waals surface area contributed by atoms with Crippen molar-refractivity contribution in [2.45, 2.75) is 78.1 Å². The van der Waals surface area contributed by atoms with Crippen molar-refractivity contribution in [1.82, 2.24) is 0 Å². The molecular weight excluding hydrogens is 228 g/mol. The summed E-state index contributed by atoms with van der Waals surface area (Å²) < 4.78 is 0. The van der Waals surface area contributed by atoms with Gasteiger partial charge in [0.1, 0.15) is 0 Å². The van der Waals surface area contributed by atoms with Gasteiger partial charge in [-0.2, -0.15) is 0 Å². The Kier molecular flexibility index (Phi) is 3.01. The zero-order chi connectivity index (χ0) is 13.0. The molecule has 4 aliphatic rings. The first kappa shape index (κ1) is 12.7. The van der Waals surface area contributed by atoms with Gasteiger partial charge in [-0.25, -0.2) is 0 Å². The van der Waals surface area contributed by atoms with Crippen LogP contribution in [0.3, 0.4) is 0 Å². The van der Waals surface area contributed by atoms with Gasteiger partial charge in [-0.1, -0.05) is 26.7 Å².